The zero-order valence-corrected chi connectivity index (χ0v) is 30.7. The Morgan fingerprint density at radius 3 is 1.05 bits per heavy atom. The molecule has 0 atom stereocenters. The minimum atomic E-state index is 1.02. The van der Waals surface area contributed by atoms with Crippen LogP contribution in [0.25, 0.3) is 55.7 Å². The highest BCUT2D eigenvalue weighted by molar-refractivity contribution is 6.08. The first-order valence-electron chi connectivity index (χ1n) is 19.2. The van der Waals surface area contributed by atoms with Crippen LogP contribution in [0.2, 0.25) is 0 Å². The van der Waals surface area contributed by atoms with Crippen molar-refractivity contribution in [3.8, 4) is 44.5 Å². The van der Waals surface area contributed by atoms with Gasteiger partial charge in [0.2, 0.25) is 0 Å². The van der Waals surface area contributed by atoms with Crippen LogP contribution in [0.3, 0.4) is 0 Å². The molecule has 0 amide bonds. The van der Waals surface area contributed by atoms with Crippen LogP contribution in [-0.2, 0) is 0 Å². The summed E-state index contributed by atoms with van der Waals surface area (Å²) in [7, 11) is 0. The van der Waals surface area contributed by atoms with Gasteiger partial charge in [-0.2, -0.15) is 0 Å². The van der Waals surface area contributed by atoms with E-state index in [1.807, 2.05) is 0 Å². The van der Waals surface area contributed by atoms with Gasteiger partial charge in [-0.25, -0.2) is 0 Å². The third kappa shape index (κ3) is 7.21. The molecule has 0 N–H and O–H groups in total. The molecule has 0 aliphatic heterocycles. The van der Waals surface area contributed by atoms with E-state index in [-0.39, 0.29) is 0 Å². The average molecular weight is 704 g/mol. The molecule has 0 unspecified atom stereocenters. The van der Waals surface area contributed by atoms with Crippen molar-refractivity contribution in [2.75, 3.05) is 4.90 Å². The maximum absolute atomic E-state index is 2.43. The third-order valence-electron chi connectivity index (χ3n) is 10.6. The highest BCUT2D eigenvalue weighted by Gasteiger charge is 2.21. The van der Waals surface area contributed by atoms with Crippen LogP contribution < -0.4 is 4.90 Å². The molecule has 0 bridgehead atoms. The Labute approximate surface area is 324 Å². The topological polar surface area (TPSA) is 3.24 Å². The fourth-order valence-electron chi connectivity index (χ4n) is 7.75. The van der Waals surface area contributed by atoms with Gasteiger partial charge < -0.3 is 4.90 Å². The molecule has 0 saturated heterocycles. The number of allylic oxidation sites excluding steroid dienone is 4. The van der Waals surface area contributed by atoms with Gasteiger partial charge in [-0.1, -0.05) is 188 Å². The molecule has 1 aliphatic rings. The summed E-state index contributed by atoms with van der Waals surface area (Å²) in [6.07, 6.45) is 6.91. The summed E-state index contributed by atoms with van der Waals surface area (Å²) in [6, 6.07) is 76.7. The van der Waals surface area contributed by atoms with E-state index in [0.29, 0.717) is 0 Å². The van der Waals surface area contributed by atoms with Crippen LogP contribution in [0, 0.1) is 0 Å². The standard InChI is InChI=1S/C54H41N/c1-5-15-40(16-6-1)43-25-27-47(28-26-43)54-39-50(37-38-53(54)52-24-14-13-23-51(52)46-21-11-4-12-22-46)55(48-33-29-44(30-34-48)41-17-7-2-8-18-41)49-35-31-45(32-36-49)42-19-9-3-10-20-42/h1-12,15-39H,13-14H2. The highest BCUT2D eigenvalue weighted by atomic mass is 15.1. The number of hydrogen-bond acceptors (Lipinski definition) is 1. The molecule has 0 aromatic heterocycles. The van der Waals surface area contributed by atoms with Gasteiger partial charge in [-0.05, 0) is 116 Å². The van der Waals surface area contributed by atoms with Gasteiger partial charge in [0.1, 0.15) is 0 Å². The van der Waals surface area contributed by atoms with Gasteiger partial charge in [0, 0.05) is 17.1 Å². The van der Waals surface area contributed by atoms with Crippen molar-refractivity contribution in [3.05, 3.63) is 236 Å². The van der Waals surface area contributed by atoms with Gasteiger partial charge in [-0.3, -0.25) is 0 Å². The molecule has 1 nitrogen and oxygen atoms in total. The summed E-state index contributed by atoms with van der Waals surface area (Å²) in [5.74, 6) is 0. The molecule has 8 aromatic rings. The lowest BCUT2D eigenvalue weighted by Gasteiger charge is -2.28. The second-order valence-electron chi connectivity index (χ2n) is 14.0. The molecular formula is C54H41N. The van der Waals surface area contributed by atoms with E-state index in [2.05, 4.69) is 229 Å². The van der Waals surface area contributed by atoms with Gasteiger partial charge in [0.25, 0.3) is 0 Å². The molecule has 0 heterocycles. The fraction of sp³-hybridized carbons (Fsp3) is 0.0370. The largest absolute Gasteiger partial charge is 0.310 e. The second kappa shape index (κ2) is 15.6. The van der Waals surface area contributed by atoms with Crippen molar-refractivity contribution in [3.63, 3.8) is 0 Å². The highest BCUT2D eigenvalue weighted by Crippen LogP contribution is 2.44. The lowest BCUT2D eigenvalue weighted by molar-refractivity contribution is 1.04. The summed E-state index contributed by atoms with van der Waals surface area (Å²) >= 11 is 0. The van der Waals surface area contributed by atoms with Gasteiger partial charge in [0.05, 0.1) is 0 Å². The number of hydrogen-bond donors (Lipinski definition) is 0. The lowest BCUT2D eigenvalue weighted by atomic mass is 9.83. The average Bonchev–Trinajstić information content (AvgIpc) is 3.28. The van der Waals surface area contributed by atoms with Crippen molar-refractivity contribution >= 4 is 28.2 Å². The number of rotatable bonds is 9. The summed E-state index contributed by atoms with van der Waals surface area (Å²) in [6.45, 7) is 0. The summed E-state index contributed by atoms with van der Waals surface area (Å²) in [5.41, 5.74) is 18.0. The van der Waals surface area contributed by atoms with Crippen LogP contribution in [0.4, 0.5) is 17.1 Å². The molecule has 1 heteroatoms. The van der Waals surface area contributed by atoms with Crippen molar-refractivity contribution in [1.29, 1.82) is 0 Å². The number of nitrogens with zero attached hydrogens (tertiary/aromatic N) is 1. The second-order valence-corrected chi connectivity index (χ2v) is 14.0. The summed E-state index contributed by atoms with van der Waals surface area (Å²) < 4.78 is 0. The maximum Gasteiger partial charge on any atom is 0.0468 e. The molecule has 9 rings (SSSR count). The molecule has 8 aromatic carbocycles. The van der Waals surface area contributed by atoms with E-state index >= 15 is 0 Å². The Morgan fingerprint density at radius 1 is 0.255 bits per heavy atom. The van der Waals surface area contributed by atoms with E-state index in [4.69, 9.17) is 0 Å². The lowest BCUT2D eigenvalue weighted by Crippen LogP contribution is -2.10. The zero-order chi connectivity index (χ0) is 36.8. The molecule has 0 fully saturated rings. The van der Waals surface area contributed by atoms with Crippen molar-refractivity contribution in [2.24, 2.45) is 0 Å². The van der Waals surface area contributed by atoms with Crippen molar-refractivity contribution < 1.29 is 0 Å². The molecule has 0 radical (unpaired) electrons. The molecule has 1 aliphatic carbocycles. The maximum atomic E-state index is 2.43. The molecule has 55 heavy (non-hydrogen) atoms. The Hall–Kier alpha value is -6.96. The Kier molecular flexibility index (Phi) is 9.58. The first kappa shape index (κ1) is 33.8. The van der Waals surface area contributed by atoms with Crippen LogP contribution in [-0.4, -0.2) is 0 Å². The Morgan fingerprint density at radius 2 is 0.600 bits per heavy atom. The van der Waals surface area contributed by atoms with E-state index < -0.39 is 0 Å². The van der Waals surface area contributed by atoms with Crippen LogP contribution in [0.15, 0.2) is 224 Å². The van der Waals surface area contributed by atoms with Gasteiger partial charge in [0.15, 0.2) is 0 Å². The number of anilines is 3. The van der Waals surface area contributed by atoms with Gasteiger partial charge in [-0.15, -0.1) is 0 Å². The van der Waals surface area contributed by atoms with Crippen LogP contribution in [0.1, 0.15) is 24.0 Å². The quantitative estimate of drug-likeness (QED) is 0.145. The van der Waals surface area contributed by atoms with Crippen molar-refractivity contribution in [1.82, 2.24) is 0 Å². The predicted molar refractivity (Wildman–Crippen MR) is 234 cm³/mol. The fourth-order valence-corrected chi connectivity index (χ4v) is 7.75. The zero-order valence-electron chi connectivity index (χ0n) is 30.7. The number of benzene rings is 8. The molecular weight excluding hydrogens is 663 g/mol. The Bertz CT molecular complexity index is 2480. The first-order chi connectivity index (χ1) is 27.3. The normalized spacial score (nSPS) is 12.4. The van der Waals surface area contributed by atoms with E-state index in [0.717, 1.165) is 29.9 Å². The third-order valence-corrected chi connectivity index (χ3v) is 10.6. The van der Waals surface area contributed by atoms with E-state index in [1.165, 1.54) is 66.8 Å². The molecule has 0 spiro atoms. The van der Waals surface area contributed by atoms with E-state index in [1.54, 1.807) is 0 Å². The van der Waals surface area contributed by atoms with E-state index in [9.17, 15) is 0 Å². The Balaban J connectivity index is 1.19. The summed E-state index contributed by atoms with van der Waals surface area (Å²) in [4.78, 5) is 2.39. The predicted octanol–water partition coefficient (Wildman–Crippen LogP) is 15.1. The van der Waals surface area contributed by atoms with Crippen LogP contribution in [0.5, 0.6) is 0 Å². The van der Waals surface area contributed by atoms with Crippen LogP contribution >= 0.6 is 0 Å². The SMILES string of the molecule is C1=C(c2ccccc2)C(c2ccc(N(c3ccc(-c4ccccc4)cc3)c3ccc(-c4ccccc4)cc3)cc2-c2ccc(-c3ccccc3)cc2)=CCC1. The smallest absolute Gasteiger partial charge is 0.0468 e. The van der Waals surface area contributed by atoms with Gasteiger partial charge >= 0.3 is 0 Å². The first-order valence-corrected chi connectivity index (χ1v) is 19.2. The van der Waals surface area contributed by atoms with Crippen molar-refractivity contribution in [2.45, 2.75) is 12.8 Å². The summed E-state index contributed by atoms with van der Waals surface area (Å²) in [5, 5.41) is 0. The minimum Gasteiger partial charge on any atom is -0.310 e. The molecule has 0 saturated carbocycles. The minimum absolute atomic E-state index is 1.02. The monoisotopic (exact) mass is 703 g/mol. The molecule has 262 valence electrons.